The van der Waals surface area contributed by atoms with Crippen LogP contribution in [-0.4, -0.2) is 30.2 Å². The molecule has 0 fully saturated rings. The number of aliphatic hydroxyl groups excluding tert-OH is 1. The van der Waals surface area contributed by atoms with Gasteiger partial charge in [-0.05, 0) is 11.4 Å². The van der Waals surface area contributed by atoms with Crippen molar-refractivity contribution in [2.45, 2.75) is 13.2 Å². The third kappa shape index (κ3) is 2.15. The van der Waals surface area contributed by atoms with E-state index in [1.165, 1.54) is 4.68 Å². The van der Waals surface area contributed by atoms with Gasteiger partial charge in [-0.15, -0.1) is 16.4 Å². The predicted octanol–water partition coefficient (Wildman–Crippen LogP) is 0.930. The molecule has 7 nitrogen and oxygen atoms in total. The Morgan fingerprint density at radius 1 is 1.44 bits per heavy atom. The monoisotopic (exact) mass is 263 g/mol. The lowest BCUT2D eigenvalue weighted by Gasteiger charge is -1.91. The molecule has 3 aromatic rings. The summed E-state index contributed by atoms with van der Waals surface area (Å²) in [5.41, 5.74) is 0.507. The number of aromatic nitrogens is 5. The van der Waals surface area contributed by atoms with Crippen LogP contribution in [0.15, 0.2) is 28.2 Å². The van der Waals surface area contributed by atoms with Crippen LogP contribution < -0.4 is 0 Å². The van der Waals surface area contributed by atoms with Crippen LogP contribution in [0.2, 0.25) is 0 Å². The second kappa shape index (κ2) is 4.67. The lowest BCUT2D eigenvalue weighted by atomic mass is 10.4. The number of nitrogens with zero attached hydrogens (tertiary/aromatic N) is 5. The van der Waals surface area contributed by atoms with Gasteiger partial charge in [-0.25, -0.2) is 4.68 Å². The Labute approximate surface area is 106 Å². The Balaban J connectivity index is 1.77. The molecule has 92 valence electrons. The maximum Gasteiger partial charge on any atom is 0.248 e. The van der Waals surface area contributed by atoms with Gasteiger partial charge in [-0.2, -0.15) is 4.98 Å². The van der Waals surface area contributed by atoms with Crippen LogP contribution in [0, 0.1) is 0 Å². The molecule has 0 spiro atoms. The third-order valence-corrected chi connectivity index (χ3v) is 3.12. The highest BCUT2D eigenvalue weighted by Gasteiger charge is 2.10. The molecular formula is C10H9N5O2S. The molecule has 3 heterocycles. The van der Waals surface area contributed by atoms with Gasteiger partial charge >= 0.3 is 0 Å². The molecule has 0 aliphatic rings. The first kappa shape index (κ1) is 11.1. The van der Waals surface area contributed by atoms with Crippen molar-refractivity contribution in [2.24, 2.45) is 0 Å². The zero-order valence-electron chi connectivity index (χ0n) is 9.22. The van der Waals surface area contributed by atoms with E-state index in [1.807, 2.05) is 17.5 Å². The van der Waals surface area contributed by atoms with E-state index in [2.05, 4.69) is 20.5 Å². The molecule has 0 amide bonds. The van der Waals surface area contributed by atoms with Crippen LogP contribution in [0.1, 0.15) is 11.6 Å². The molecule has 0 aliphatic heterocycles. The smallest absolute Gasteiger partial charge is 0.248 e. The molecule has 8 heteroatoms. The van der Waals surface area contributed by atoms with E-state index in [9.17, 15) is 0 Å². The molecule has 0 saturated heterocycles. The molecule has 0 bridgehead atoms. The summed E-state index contributed by atoms with van der Waals surface area (Å²) in [6, 6.07) is 3.86. The van der Waals surface area contributed by atoms with E-state index in [1.54, 1.807) is 17.5 Å². The molecule has 0 atom stereocenters. The van der Waals surface area contributed by atoms with E-state index in [0.29, 0.717) is 24.0 Å². The minimum atomic E-state index is -0.135. The number of hydrogen-bond donors (Lipinski definition) is 1. The van der Waals surface area contributed by atoms with E-state index in [-0.39, 0.29) is 6.61 Å². The SMILES string of the molecule is OCc1cn(Cc2nc(-c3cccs3)no2)nn1. The van der Waals surface area contributed by atoms with Crippen molar-refractivity contribution < 1.29 is 9.63 Å². The molecule has 1 N–H and O–H groups in total. The van der Waals surface area contributed by atoms with Crippen molar-refractivity contribution in [3.63, 3.8) is 0 Å². The minimum Gasteiger partial charge on any atom is -0.390 e. The molecule has 3 rings (SSSR count). The van der Waals surface area contributed by atoms with Crippen LogP contribution in [0.5, 0.6) is 0 Å². The number of rotatable bonds is 4. The summed E-state index contributed by atoms with van der Waals surface area (Å²) in [6.45, 7) is 0.204. The predicted molar refractivity (Wildman–Crippen MR) is 62.7 cm³/mol. The van der Waals surface area contributed by atoms with Crippen LogP contribution in [-0.2, 0) is 13.2 Å². The summed E-state index contributed by atoms with van der Waals surface area (Å²) >= 11 is 1.55. The first-order valence-electron chi connectivity index (χ1n) is 5.21. The number of hydrogen-bond acceptors (Lipinski definition) is 7. The first-order chi connectivity index (χ1) is 8.85. The Hall–Kier alpha value is -2.06. The van der Waals surface area contributed by atoms with Crippen molar-refractivity contribution in [3.8, 4) is 10.7 Å². The molecule has 0 aromatic carbocycles. The third-order valence-electron chi connectivity index (χ3n) is 2.26. The maximum atomic E-state index is 8.88. The van der Waals surface area contributed by atoms with E-state index >= 15 is 0 Å². The van der Waals surface area contributed by atoms with Gasteiger partial charge in [0.1, 0.15) is 12.2 Å². The fourth-order valence-electron chi connectivity index (χ4n) is 1.45. The summed E-state index contributed by atoms with van der Waals surface area (Å²) in [4.78, 5) is 5.22. The van der Waals surface area contributed by atoms with Crippen LogP contribution in [0.25, 0.3) is 10.7 Å². The molecule has 0 saturated carbocycles. The van der Waals surface area contributed by atoms with Crippen molar-refractivity contribution in [2.75, 3.05) is 0 Å². The Morgan fingerprint density at radius 2 is 2.39 bits per heavy atom. The van der Waals surface area contributed by atoms with Crippen LogP contribution in [0.4, 0.5) is 0 Å². The van der Waals surface area contributed by atoms with Gasteiger partial charge in [0.2, 0.25) is 11.7 Å². The van der Waals surface area contributed by atoms with Gasteiger partial charge in [0.25, 0.3) is 0 Å². The van der Waals surface area contributed by atoms with Crippen molar-refractivity contribution in [3.05, 3.63) is 35.3 Å². The van der Waals surface area contributed by atoms with Gasteiger partial charge in [0, 0.05) is 0 Å². The fourth-order valence-corrected chi connectivity index (χ4v) is 2.10. The summed E-state index contributed by atoms with van der Waals surface area (Å²) in [6.07, 6.45) is 1.63. The molecular weight excluding hydrogens is 254 g/mol. The molecule has 18 heavy (non-hydrogen) atoms. The van der Waals surface area contributed by atoms with Crippen molar-refractivity contribution in [1.29, 1.82) is 0 Å². The van der Waals surface area contributed by atoms with Gasteiger partial charge in [0.05, 0.1) is 17.7 Å². The number of thiophene rings is 1. The average Bonchev–Trinajstić information content (AvgIpc) is 3.10. The second-order valence-electron chi connectivity index (χ2n) is 3.55. The summed E-state index contributed by atoms with van der Waals surface area (Å²) in [7, 11) is 0. The number of aliphatic hydroxyl groups is 1. The fraction of sp³-hybridized carbons (Fsp3) is 0.200. The topological polar surface area (TPSA) is 89.9 Å². The average molecular weight is 263 g/mol. The highest BCUT2D eigenvalue weighted by molar-refractivity contribution is 7.13. The first-order valence-corrected chi connectivity index (χ1v) is 6.09. The van der Waals surface area contributed by atoms with Crippen LogP contribution in [0.3, 0.4) is 0 Å². The van der Waals surface area contributed by atoms with Gasteiger partial charge in [-0.3, -0.25) is 0 Å². The maximum absolute atomic E-state index is 8.88. The highest BCUT2D eigenvalue weighted by atomic mass is 32.1. The Bertz CT molecular complexity index is 630. The minimum absolute atomic E-state index is 0.135. The largest absolute Gasteiger partial charge is 0.390 e. The zero-order chi connectivity index (χ0) is 12.4. The Kier molecular flexibility index (Phi) is 2.87. The summed E-state index contributed by atoms with van der Waals surface area (Å²) in [5.74, 6) is 1.02. The quantitative estimate of drug-likeness (QED) is 0.753. The standard InChI is InChI=1S/C10H9N5O2S/c16-6-7-4-15(14-12-7)5-9-11-10(13-17-9)8-2-1-3-18-8/h1-4,16H,5-6H2. The second-order valence-corrected chi connectivity index (χ2v) is 4.50. The van der Waals surface area contributed by atoms with Crippen molar-refractivity contribution in [1.82, 2.24) is 25.1 Å². The van der Waals surface area contributed by atoms with E-state index in [0.717, 1.165) is 4.88 Å². The highest BCUT2D eigenvalue weighted by Crippen LogP contribution is 2.21. The molecule has 0 radical (unpaired) electrons. The molecule has 0 unspecified atom stereocenters. The lowest BCUT2D eigenvalue weighted by Crippen LogP contribution is -2.00. The van der Waals surface area contributed by atoms with Crippen LogP contribution >= 0.6 is 11.3 Å². The van der Waals surface area contributed by atoms with Crippen molar-refractivity contribution >= 4 is 11.3 Å². The van der Waals surface area contributed by atoms with Gasteiger partial charge < -0.3 is 9.63 Å². The Morgan fingerprint density at radius 3 is 3.11 bits per heavy atom. The summed E-state index contributed by atoms with van der Waals surface area (Å²) < 4.78 is 6.67. The lowest BCUT2D eigenvalue weighted by molar-refractivity contribution is 0.276. The summed E-state index contributed by atoms with van der Waals surface area (Å²) in [5, 5.41) is 22.3. The zero-order valence-corrected chi connectivity index (χ0v) is 10.0. The normalized spacial score (nSPS) is 10.9. The van der Waals surface area contributed by atoms with E-state index in [4.69, 9.17) is 9.63 Å². The van der Waals surface area contributed by atoms with Gasteiger partial charge in [0.15, 0.2) is 0 Å². The van der Waals surface area contributed by atoms with E-state index < -0.39 is 0 Å². The molecule has 0 aliphatic carbocycles. The van der Waals surface area contributed by atoms with Gasteiger partial charge in [-0.1, -0.05) is 16.4 Å². The molecule has 3 aromatic heterocycles.